The predicted octanol–water partition coefficient (Wildman–Crippen LogP) is 5.28. The van der Waals surface area contributed by atoms with Crippen molar-refractivity contribution >= 4 is 34.5 Å². The lowest BCUT2D eigenvalue weighted by Gasteiger charge is -2.31. The number of hydroxylamine groups is 2. The van der Waals surface area contributed by atoms with E-state index in [0.717, 1.165) is 52.5 Å². The Morgan fingerprint density at radius 1 is 1.00 bits per heavy atom. The van der Waals surface area contributed by atoms with Gasteiger partial charge < -0.3 is 14.5 Å². The van der Waals surface area contributed by atoms with Gasteiger partial charge in [-0.05, 0) is 54.3 Å². The molecule has 30 heavy (non-hydrogen) atoms. The Kier molecular flexibility index (Phi) is 5.15. The smallest absolute Gasteiger partial charge is 0.268 e. The predicted molar refractivity (Wildman–Crippen MR) is 120 cm³/mol. The number of hydrogen-bond acceptors (Lipinski definition) is 5. The molecule has 3 aromatic rings. The fraction of sp³-hybridized carbons (Fsp3) is 0.261. The highest BCUT2D eigenvalue weighted by Crippen LogP contribution is 2.38. The van der Waals surface area contributed by atoms with E-state index in [1.54, 1.807) is 7.11 Å². The molecule has 1 saturated heterocycles. The average Bonchev–Trinajstić information content (AvgIpc) is 3.17. The minimum Gasteiger partial charge on any atom is -0.493 e. The van der Waals surface area contributed by atoms with Gasteiger partial charge in [0.05, 0.1) is 12.0 Å². The molecule has 5 rings (SSSR count). The maximum atomic E-state index is 13.3. The average molecular weight is 441 g/mol. The molecular weight excluding hydrogens is 420 g/mol. The van der Waals surface area contributed by atoms with E-state index in [-0.39, 0.29) is 5.91 Å². The molecule has 1 fully saturated rings. The van der Waals surface area contributed by atoms with E-state index in [1.807, 2.05) is 52.4 Å². The van der Waals surface area contributed by atoms with Gasteiger partial charge in [-0.15, -0.1) is 16.4 Å². The van der Waals surface area contributed by atoms with Gasteiger partial charge in [0, 0.05) is 41.3 Å². The van der Waals surface area contributed by atoms with Crippen molar-refractivity contribution in [1.82, 2.24) is 5.06 Å². The number of carbonyl (C=O) groups excluding carboxylic acids is 1. The van der Waals surface area contributed by atoms with Crippen molar-refractivity contribution in [3.63, 3.8) is 0 Å². The van der Waals surface area contributed by atoms with Crippen LogP contribution in [0.5, 0.6) is 11.5 Å². The molecular formula is C23H21ClN2O3S. The molecule has 5 nitrogen and oxygen atoms in total. The second kappa shape index (κ2) is 7.95. The lowest BCUT2D eigenvalue weighted by Crippen LogP contribution is -2.39. The third kappa shape index (κ3) is 3.55. The van der Waals surface area contributed by atoms with Crippen LogP contribution in [0, 0.1) is 0 Å². The lowest BCUT2D eigenvalue weighted by molar-refractivity contribution is -0.108. The van der Waals surface area contributed by atoms with Gasteiger partial charge >= 0.3 is 0 Å². The van der Waals surface area contributed by atoms with Crippen molar-refractivity contribution < 1.29 is 14.4 Å². The number of benzene rings is 2. The fourth-order valence-electron chi connectivity index (χ4n) is 3.67. The summed E-state index contributed by atoms with van der Waals surface area (Å²) in [4.78, 5) is 22.8. The first kappa shape index (κ1) is 19.4. The third-order valence-electron chi connectivity index (χ3n) is 5.48. The van der Waals surface area contributed by atoms with Crippen LogP contribution in [-0.2, 0) is 6.42 Å². The standard InChI is InChI=1S/C23H21ClN2O3S/c1-28-20-14-18(7-8-19(20)29-25-10-2-11-25)26-12-9-16-13-21(30-22(16)23(26)27)15-3-5-17(24)6-4-15/h3-8,13-14H,2,9-12H2,1H3. The van der Waals surface area contributed by atoms with E-state index in [9.17, 15) is 4.79 Å². The molecule has 3 heterocycles. The number of thiophene rings is 1. The van der Waals surface area contributed by atoms with Gasteiger partial charge in [-0.3, -0.25) is 4.79 Å². The Labute approximate surface area is 184 Å². The van der Waals surface area contributed by atoms with E-state index < -0.39 is 0 Å². The highest BCUT2D eigenvalue weighted by molar-refractivity contribution is 7.17. The van der Waals surface area contributed by atoms with E-state index in [0.29, 0.717) is 23.1 Å². The van der Waals surface area contributed by atoms with Crippen LogP contribution in [0.1, 0.15) is 21.7 Å². The van der Waals surface area contributed by atoms with Gasteiger partial charge in [-0.25, -0.2) is 0 Å². The first-order valence-electron chi connectivity index (χ1n) is 9.94. The van der Waals surface area contributed by atoms with Gasteiger partial charge in [-0.1, -0.05) is 23.7 Å². The second-order valence-electron chi connectivity index (χ2n) is 7.39. The van der Waals surface area contributed by atoms with Crippen molar-refractivity contribution in [1.29, 1.82) is 0 Å². The number of ether oxygens (including phenoxy) is 1. The van der Waals surface area contributed by atoms with Crippen LogP contribution < -0.4 is 14.5 Å². The van der Waals surface area contributed by atoms with Crippen LogP contribution >= 0.6 is 22.9 Å². The number of methoxy groups -OCH3 is 1. The Morgan fingerprint density at radius 3 is 2.50 bits per heavy atom. The van der Waals surface area contributed by atoms with Gasteiger partial charge in [-0.2, -0.15) is 0 Å². The van der Waals surface area contributed by atoms with Crippen LogP contribution in [0.2, 0.25) is 5.02 Å². The van der Waals surface area contributed by atoms with Gasteiger partial charge in [0.1, 0.15) is 0 Å². The summed E-state index contributed by atoms with van der Waals surface area (Å²) in [6.07, 6.45) is 1.96. The molecule has 2 aliphatic rings. The molecule has 0 aliphatic carbocycles. The largest absolute Gasteiger partial charge is 0.493 e. The number of hydrogen-bond donors (Lipinski definition) is 0. The Bertz CT molecular complexity index is 1090. The molecule has 7 heteroatoms. The molecule has 2 aliphatic heterocycles. The molecule has 1 amide bonds. The number of nitrogens with zero attached hydrogens (tertiary/aromatic N) is 2. The summed E-state index contributed by atoms with van der Waals surface area (Å²) < 4.78 is 5.52. The van der Waals surface area contributed by atoms with Crippen molar-refractivity contribution in [3.05, 3.63) is 64.0 Å². The minimum atomic E-state index is 0.0277. The van der Waals surface area contributed by atoms with E-state index in [2.05, 4.69) is 6.07 Å². The van der Waals surface area contributed by atoms with E-state index in [4.69, 9.17) is 21.2 Å². The first-order valence-corrected chi connectivity index (χ1v) is 11.1. The zero-order valence-corrected chi connectivity index (χ0v) is 18.1. The minimum absolute atomic E-state index is 0.0277. The van der Waals surface area contributed by atoms with Crippen LogP contribution in [-0.4, -0.2) is 37.7 Å². The fourth-order valence-corrected chi connectivity index (χ4v) is 4.96. The van der Waals surface area contributed by atoms with Crippen LogP contribution in [0.3, 0.4) is 0 Å². The zero-order chi connectivity index (χ0) is 20.7. The molecule has 0 atom stereocenters. The van der Waals surface area contributed by atoms with Gasteiger partial charge in [0.25, 0.3) is 5.91 Å². The van der Waals surface area contributed by atoms with Crippen molar-refractivity contribution in [3.8, 4) is 21.9 Å². The van der Waals surface area contributed by atoms with Crippen molar-refractivity contribution in [2.75, 3.05) is 31.6 Å². The van der Waals surface area contributed by atoms with Crippen molar-refractivity contribution in [2.45, 2.75) is 12.8 Å². The maximum Gasteiger partial charge on any atom is 0.268 e. The van der Waals surface area contributed by atoms with Gasteiger partial charge in [0.2, 0.25) is 0 Å². The summed E-state index contributed by atoms with van der Waals surface area (Å²) >= 11 is 7.54. The number of carbonyl (C=O) groups is 1. The highest BCUT2D eigenvalue weighted by Gasteiger charge is 2.29. The number of amides is 1. The maximum absolute atomic E-state index is 13.3. The van der Waals surface area contributed by atoms with E-state index >= 15 is 0 Å². The second-order valence-corrected chi connectivity index (χ2v) is 8.88. The summed E-state index contributed by atoms with van der Waals surface area (Å²) in [5.74, 6) is 1.33. The number of anilines is 1. The Hall–Kier alpha value is -2.54. The van der Waals surface area contributed by atoms with Gasteiger partial charge in [0.15, 0.2) is 11.5 Å². The summed E-state index contributed by atoms with van der Waals surface area (Å²) in [6, 6.07) is 15.5. The summed E-state index contributed by atoms with van der Waals surface area (Å²) in [5.41, 5.74) is 3.00. The van der Waals surface area contributed by atoms with Crippen molar-refractivity contribution in [2.24, 2.45) is 0 Å². The molecule has 2 aromatic carbocycles. The van der Waals surface area contributed by atoms with Crippen LogP contribution in [0.15, 0.2) is 48.5 Å². The van der Waals surface area contributed by atoms with Crippen LogP contribution in [0.25, 0.3) is 10.4 Å². The molecule has 154 valence electrons. The molecule has 1 aromatic heterocycles. The summed E-state index contributed by atoms with van der Waals surface area (Å²) in [5, 5.41) is 2.61. The molecule has 0 spiro atoms. The summed E-state index contributed by atoms with van der Waals surface area (Å²) in [6.45, 7) is 2.48. The quantitative estimate of drug-likeness (QED) is 0.541. The number of fused-ring (bicyclic) bond motifs is 1. The molecule has 0 radical (unpaired) electrons. The summed E-state index contributed by atoms with van der Waals surface area (Å²) in [7, 11) is 1.62. The number of halogens is 1. The lowest BCUT2D eigenvalue weighted by atomic mass is 10.1. The zero-order valence-electron chi connectivity index (χ0n) is 16.6. The Morgan fingerprint density at radius 2 is 1.80 bits per heavy atom. The third-order valence-corrected chi connectivity index (χ3v) is 6.95. The normalized spacial score (nSPS) is 16.2. The van der Waals surface area contributed by atoms with E-state index in [1.165, 1.54) is 11.3 Å². The molecule has 0 saturated carbocycles. The molecule has 0 unspecified atom stereocenters. The monoisotopic (exact) mass is 440 g/mol. The molecule has 0 N–H and O–H groups in total. The topological polar surface area (TPSA) is 42.0 Å². The first-order chi connectivity index (χ1) is 14.6. The van der Waals surface area contributed by atoms with Crippen LogP contribution in [0.4, 0.5) is 5.69 Å². The molecule has 0 bridgehead atoms. The highest BCUT2D eigenvalue weighted by atomic mass is 35.5. The number of rotatable bonds is 5. The SMILES string of the molecule is COc1cc(N2CCc3cc(-c4ccc(Cl)cc4)sc3C2=O)ccc1ON1CCC1. The Balaban J connectivity index is 1.41.